The summed E-state index contributed by atoms with van der Waals surface area (Å²) in [5.74, 6) is 0.491. The normalized spacial score (nSPS) is 40.0. The highest BCUT2D eigenvalue weighted by molar-refractivity contribution is 5.72. The number of carbonyl (C=O) groups is 1. The average molecular weight is 281 g/mol. The number of fused-ring (bicyclic) bond motifs is 2. The fourth-order valence-electron chi connectivity index (χ4n) is 4.48. The van der Waals surface area contributed by atoms with Crippen LogP contribution in [0.25, 0.3) is 0 Å². The zero-order valence-corrected chi connectivity index (χ0v) is 13.0. The van der Waals surface area contributed by atoms with E-state index in [-0.39, 0.29) is 12.1 Å². The second kappa shape index (κ2) is 4.99. The van der Waals surface area contributed by atoms with E-state index in [1.807, 2.05) is 0 Å². The third kappa shape index (κ3) is 2.27. The monoisotopic (exact) mass is 281 g/mol. The topological polar surface area (TPSA) is 38.8 Å². The molecule has 3 rings (SSSR count). The lowest BCUT2D eigenvalue weighted by Gasteiger charge is -2.33. The standard InChI is InChI=1S/C16H27NO3/c1-15(2)12-4-5-16(15,3)10-13(12)20-14(18)11-17-6-8-19-9-7-17/h12-13H,4-11H2,1-3H3. The maximum absolute atomic E-state index is 12.2. The fraction of sp³-hybridized carbons (Fsp3) is 0.938. The number of ether oxygens (including phenoxy) is 2. The molecule has 3 aliphatic rings. The van der Waals surface area contributed by atoms with Gasteiger partial charge in [-0.15, -0.1) is 0 Å². The maximum atomic E-state index is 12.2. The molecule has 4 nitrogen and oxygen atoms in total. The second-order valence-corrected chi connectivity index (χ2v) is 7.55. The number of hydrogen-bond acceptors (Lipinski definition) is 4. The molecule has 114 valence electrons. The summed E-state index contributed by atoms with van der Waals surface area (Å²) >= 11 is 0. The molecule has 2 aliphatic carbocycles. The molecule has 2 bridgehead atoms. The van der Waals surface area contributed by atoms with Crippen molar-refractivity contribution in [1.29, 1.82) is 0 Å². The van der Waals surface area contributed by atoms with Crippen LogP contribution in [0.5, 0.6) is 0 Å². The average Bonchev–Trinajstić information content (AvgIpc) is 2.71. The molecular formula is C16H27NO3. The quantitative estimate of drug-likeness (QED) is 0.742. The van der Waals surface area contributed by atoms with Crippen LogP contribution >= 0.6 is 0 Å². The van der Waals surface area contributed by atoms with Gasteiger partial charge in [0.15, 0.2) is 0 Å². The third-order valence-electron chi connectivity index (χ3n) is 6.33. The molecule has 3 fully saturated rings. The van der Waals surface area contributed by atoms with Crippen LogP contribution in [0.3, 0.4) is 0 Å². The summed E-state index contributed by atoms with van der Waals surface area (Å²) in [5, 5.41) is 0. The molecule has 1 saturated heterocycles. The number of carbonyl (C=O) groups excluding carboxylic acids is 1. The van der Waals surface area contributed by atoms with Gasteiger partial charge in [-0.25, -0.2) is 0 Å². The maximum Gasteiger partial charge on any atom is 0.320 e. The molecular weight excluding hydrogens is 254 g/mol. The number of esters is 1. The molecule has 0 aromatic rings. The first-order valence-corrected chi connectivity index (χ1v) is 7.92. The summed E-state index contributed by atoms with van der Waals surface area (Å²) in [4.78, 5) is 14.3. The Morgan fingerprint density at radius 1 is 1.30 bits per heavy atom. The van der Waals surface area contributed by atoms with Gasteiger partial charge in [-0.05, 0) is 30.1 Å². The van der Waals surface area contributed by atoms with E-state index in [0.717, 1.165) is 32.7 Å². The Bertz CT molecular complexity index is 386. The van der Waals surface area contributed by atoms with Crippen molar-refractivity contribution in [2.75, 3.05) is 32.8 Å². The predicted octanol–water partition coefficient (Wildman–Crippen LogP) is 2.08. The summed E-state index contributed by atoms with van der Waals surface area (Å²) < 4.78 is 11.1. The first-order valence-electron chi connectivity index (χ1n) is 7.92. The summed E-state index contributed by atoms with van der Waals surface area (Å²) in [5.41, 5.74) is 0.651. The van der Waals surface area contributed by atoms with E-state index in [1.165, 1.54) is 12.8 Å². The van der Waals surface area contributed by atoms with Crippen LogP contribution < -0.4 is 0 Å². The van der Waals surface area contributed by atoms with E-state index in [0.29, 0.717) is 23.3 Å². The Kier molecular flexibility index (Phi) is 3.57. The molecule has 20 heavy (non-hydrogen) atoms. The lowest BCUT2D eigenvalue weighted by atomic mass is 9.71. The first-order chi connectivity index (χ1) is 9.42. The van der Waals surface area contributed by atoms with Gasteiger partial charge in [0.25, 0.3) is 0 Å². The molecule has 0 N–H and O–H groups in total. The SMILES string of the molecule is CC12CCC(C(OC(=O)CN3CCOCC3)C1)C2(C)C. The summed E-state index contributed by atoms with van der Waals surface area (Å²) in [6.45, 7) is 10.6. The Hall–Kier alpha value is -0.610. The third-order valence-corrected chi connectivity index (χ3v) is 6.33. The van der Waals surface area contributed by atoms with Crippen LogP contribution in [0.15, 0.2) is 0 Å². The first kappa shape index (κ1) is 14.3. The molecule has 3 unspecified atom stereocenters. The van der Waals surface area contributed by atoms with Crippen molar-refractivity contribution >= 4 is 5.97 Å². The second-order valence-electron chi connectivity index (χ2n) is 7.55. The molecule has 0 aromatic carbocycles. The molecule has 2 saturated carbocycles. The summed E-state index contributed by atoms with van der Waals surface area (Å²) in [6, 6.07) is 0. The van der Waals surface area contributed by atoms with Crippen molar-refractivity contribution in [3.63, 3.8) is 0 Å². The van der Waals surface area contributed by atoms with Crippen LogP contribution in [0.2, 0.25) is 0 Å². The van der Waals surface area contributed by atoms with E-state index in [1.54, 1.807) is 0 Å². The predicted molar refractivity (Wildman–Crippen MR) is 76.4 cm³/mol. The van der Waals surface area contributed by atoms with Gasteiger partial charge in [0, 0.05) is 19.0 Å². The van der Waals surface area contributed by atoms with Crippen molar-refractivity contribution in [3.8, 4) is 0 Å². The van der Waals surface area contributed by atoms with E-state index in [2.05, 4.69) is 25.7 Å². The van der Waals surface area contributed by atoms with Crippen molar-refractivity contribution in [2.24, 2.45) is 16.7 Å². The number of nitrogens with zero attached hydrogens (tertiary/aromatic N) is 1. The minimum atomic E-state index is -0.0520. The van der Waals surface area contributed by atoms with Gasteiger partial charge in [-0.2, -0.15) is 0 Å². The molecule has 4 heteroatoms. The van der Waals surface area contributed by atoms with Crippen molar-refractivity contribution < 1.29 is 14.3 Å². The van der Waals surface area contributed by atoms with Crippen LogP contribution in [0, 0.1) is 16.7 Å². The van der Waals surface area contributed by atoms with Gasteiger partial charge in [0.05, 0.1) is 19.8 Å². The number of hydrogen-bond donors (Lipinski definition) is 0. The van der Waals surface area contributed by atoms with E-state index in [9.17, 15) is 4.79 Å². The lowest BCUT2D eigenvalue weighted by Crippen LogP contribution is -2.41. The van der Waals surface area contributed by atoms with Gasteiger partial charge in [0.1, 0.15) is 6.10 Å². The van der Waals surface area contributed by atoms with Crippen molar-refractivity contribution in [1.82, 2.24) is 4.90 Å². The van der Waals surface area contributed by atoms with Gasteiger partial charge in [-0.3, -0.25) is 9.69 Å². The van der Waals surface area contributed by atoms with E-state index < -0.39 is 0 Å². The van der Waals surface area contributed by atoms with Crippen LogP contribution in [0.4, 0.5) is 0 Å². The number of rotatable bonds is 3. The zero-order valence-electron chi connectivity index (χ0n) is 13.0. The Labute approximate surface area is 121 Å². The summed E-state index contributed by atoms with van der Waals surface area (Å²) in [6.07, 6.45) is 3.66. The largest absolute Gasteiger partial charge is 0.461 e. The summed E-state index contributed by atoms with van der Waals surface area (Å²) in [7, 11) is 0. The minimum absolute atomic E-state index is 0.0520. The Morgan fingerprint density at radius 3 is 2.55 bits per heavy atom. The number of morpholine rings is 1. The Morgan fingerprint density at radius 2 is 2.00 bits per heavy atom. The van der Waals surface area contributed by atoms with E-state index >= 15 is 0 Å². The highest BCUT2D eigenvalue weighted by Crippen LogP contribution is 2.66. The Balaban J connectivity index is 1.55. The molecule has 1 heterocycles. The smallest absolute Gasteiger partial charge is 0.320 e. The molecule has 3 atom stereocenters. The highest BCUT2D eigenvalue weighted by Gasteiger charge is 2.61. The van der Waals surface area contributed by atoms with Gasteiger partial charge in [-0.1, -0.05) is 20.8 Å². The van der Waals surface area contributed by atoms with Crippen LogP contribution in [-0.2, 0) is 14.3 Å². The molecule has 0 amide bonds. The zero-order chi connectivity index (χ0) is 14.4. The highest BCUT2D eigenvalue weighted by atomic mass is 16.5. The van der Waals surface area contributed by atoms with Crippen molar-refractivity contribution in [3.05, 3.63) is 0 Å². The fourth-order valence-corrected chi connectivity index (χ4v) is 4.48. The molecule has 0 spiro atoms. The van der Waals surface area contributed by atoms with Gasteiger partial charge >= 0.3 is 5.97 Å². The molecule has 1 aliphatic heterocycles. The molecule has 0 aromatic heterocycles. The van der Waals surface area contributed by atoms with Crippen LogP contribution in [-0.4, -0.2) is 49.8 Å². The van der Waals surface area contributed by atoms with Gasteiger partial charge < -0.3 is 9.47 Å². The lowest BCUT2D eigenvalue weighted by molar-refractivity contribution is -0.154. The van der Waals surface area contributed by atoms with Gasteiger partial charge in [0.2, 0.25) is 0 Å². The van der Waals surface area contributed by atoms with E-state index in [4.69, 9.17) is 9.47 Å². The van der Waals surface area contributed by atoms with Crippen molar-refractivity contribution in [2.45, 2.75) is 46.1 Å². The van der Waals surface area contributed by atoms with Crippen LogP contribution in [0.1, 0.15) is 40.0 Å². The molecule has 0 radical (unpaired) electrons. The minimum Gasteiger partial charge on any atom is -0.461 e.